The third-order valence-corrected chi connectivity index (χ3v) is 7.65. The summed E-state index contributed by atoms with van der Waals surface area (Å²) in [7, 11) is 0. The Morgan fingerprint density at radius 1 is 0.952 bits per heavy atom. The molecule has 1 unspecified atom stereocenters. The molecule has 218 valence electrons. The summed E-state index contributed by atoms with van der Waals surface area (Å²) in [5, 5.41) is 11.5. The normalized spacial score (nSPS) is 18.7. The third kappa shape index (κ3) is 6.56. The van der Waals surface area contributed by atoms with Crippen LogP contribution in [0.3, 0.4) is 0 Å². The van der Waals surface area contributed by atoms with Crippen LogP contribution in [0, 0.1) is 6.92 Å². The summed E-state index contributed by atoms with van der Waals surface area (Å²) in [5.41, 5.74) is 3.44. The number of aliphatic hydroxyl groups is 1. The molecule has 1 atom stereocenters. The zero-order valence-electron chi connectivity index (χ0n) is 23.8. The van der Waals surface area contributed by atoms with Gasteiger partial charge in [-0.05, 0) is 60.0 Å². The lowest BCUT2D eigenvalue weighted by Gasteiger charge is -2.31. The number of benzene rings is 3. The van der Waals surface area contributed by atoms with E-state index in [4.69, 9.17) is 14.2 Å². The number of Topliss-reactive ketones (excluding diaryl/α,β-unsaturated/α-hetero) is 1. The minimum atomic E-state index is -0.739. The van der Waals surface area contributed by atoms with Crippen LogP contribution < -0.4 is 9.47 Å². The molecule has 2 aliphatic rings. The summed E-state index contributed by atoms with van der Waals surface area (Å²) in [5.74, 6) is -0.270. The highest BCUT2D eigenvalue weighted by molar-refractivity contribution is 6.46. The zero-order valence-corrected chi connectivity index (χ0v) is 23.8. The molecule has 0 radical (unpaired) electrons. The van der Waals surface area contributed by atoms with Crippen molar-refractivity contribution < 1.29 is 28.9 Å². The Kier molecular flexibility index (Phi) is 9.36. The molecule has 3 aromatic rings. The van der Waals surface area contributed by atoms with Crippen molar-refractivity contribution in [3.8, 4) is 11.5 Å². The Morgan fingerprint density at radius 2 is 1.62 bits per heavy atom. The van der Waals surface area contributed by atoms with E-state index in [-0.39, 0.29) is 11.3 Å². The number of likely N-dealkylation sites (tertiary alicyclic amines) is 1. The van der Waals surface area contributed by atoms with Gasteiger partial charge < -0.3 is 24.2 Å². The molecule has 2 heterocycles. The van der Waals surface area contributed by atoms with Crippen molar-refractivity contribution in [2.24, 2.45) is 0 Å². The number of aliphatic hydroxyl groups excluding tert-OH is 1. The van der Waals surface area contributed by atoms with Gasteiger partial charge in [-0.2, -0.15) is 0 Å². The van der Waals surface area contributed by atoms with Crippen LogP contribution in [0.5, 0.6) is 11.5 Å². The maximum absolute atomic E-state index is 13.4. The van der Waals surface area contributed by atoms with Gasteiger partial charge in [0.1, 0.15) is 30.5 Å². The SMILES string of the molecule is C=CCOc1ccc(C2/C(=C(\O)c3ccc(OCc4ccccc4C)cc3)C(=O)C(=O)N2CCN2CCOCC2)cc1. The third-order valence-electron chi connectivity index (χ3n) is 7.65. The highest BCUT2D eigenvalue weighted by Crippen LogP contribution is 2.40. The molecule has 0 aliphatic carbocycles. The summed E-state index contributed by atoms with van der Waals surface area (Å²) in [6.07, 6.45) is 1.66. The molecule has 1 N–H and O–H groups in total. The summed E-state index contributed by atoms with van der Waals surface area (Å²) in [4.78, 5) is 30.5. The summed E-state index contributed by atoms with van der Waals surface area (Å²) < 4.78 is 17.0. The number of ether oxygens (including phenoxy) is 3. The lowest BCUT2D eigenvalue weighted by Crippen LogP contribution is -2.42. The summed E-state index contributed by atoms with van der Waals surface area (Å²) in [6.45, 7) is 10.2. The van der Waals surface area contributed by atoms with Gasteiger partial charge in [-0.3, -0.25) is 14.5 Å². The van der Waals surface area contributed by atoms with Crippen LogP contribution in [0.2, 0.25) is 0 Å². The number of amides is 1. The topological polar surface area (TPSA) is 88.5 Å². The minimum absolute atomic E-state index is 0.0651. The largest absolute Gasteiger partial charge is 0.507 e. The second-order valence-electron chi connectivity index (χ2n) is 10.4. The smallest absolute Gasteiger partial charge is 0.295 e. The number of ketones is 1. The van der Waals surface area contributed by atoms with E-state index >= 15 is 0 Å². The first-order valence-electron chi connectivity index (χ1n) is 14.2. The molecule has 1 amide bonds. The Labute approximate surface area is 246 Å². The Morgan fingerprint density at radius 3 is 2.31 bits per heavy atom. The fourth-order valence-electron chi connectivity index (χ4n) is 5.23. The summed E-state index contributed by atoms with van der Waals surface area (Å²) >= 11 is 0. The highest BCUT2D eigenvalue weighted by atomic mass is 16.5. The minimum Gasteiger partial charge on any atom is -0.507 e. The molecule has 42 heavy (non-hydrogen) atoms. The number of morpholine rings is 1. The van der Waals surface area contributed by atoms with E-state index < -0.39 is 17.7 Å². The molecule has 5 rings (SSSR count). The molecule has 8 heteroatoms. The molecule has 2 aliphatic heterocycles. The Bertz CT molecular complexity index is 1440. The van der Waals surface area contributed by atoms with Crippen LogP contribution in [0.1, 0.15) is 28.3 Å². The standard InChI is InChI=1S/C34H36N2O6/c1-3-20-41-28-12-8-25(9-13-28)31-30(33(38)34(39)36(31)17-16-35-18-21-40-22-19-35)32(37)26-10-14-29(15-11-26)42-23-27-7-5-4-6-24(27)2/h3-15,31,37H,1,16-23H2,2H3/b32-30+. The molecule has 2 fully saturated rings. The van der Waals surface area contributed by atoms with Gasteiger partial charge in [0.2, 0.25) is 0 Å². The van der Waals surface area contributed by atoms with Crippen LogP contribution >= 0.6 is 0 Å². The van der Waals surface area contributed by atoms with E-state index in [1.54, 1.807) is 47.4 Å². The quantitative estimate of drug-likeness (QED) is 0.152. The fraction of sp³-hybridized carbons (Fsp3) is 0.294. The molecule has 2 saturated heterocycles. The second kappa shape index (κ2) is 13.5. The van der Waals surface area contributed by atoms with Gasteiger partial charge in [-0.15, -0.1) is 0 Å². The first kappa shape index (κ1) is 29.1. The second-order valence-corrected chi connectivity index (χ2v) is 10.4. The van der Waals surface area contributed by atoms with Crippen molar-refractivity contribution in [3.05, 3.63) is 113 Å². The molecule has 3 aromatic carbocycles. The van der Waals surface area contributed by atoms with Crippen LogP contribution in [0.4, 0.5) is 0 Å². The summed E-state index contributed by atoms with van der Waals surface area (Å²) in [6, 6.07) is 21.4. The number of hydrogen-bond donors (Lipinski definition) is 1. The van der Waals surface area contributed by atoms with Crippen molar-refractivity contribution in [2.75, 3.05) is 46.0 Å². The molecular formula is C34H36N2O6. The van der Waals surface area contributed by atoms with Gasteiger partial charge >= 0.3 is 0 Å². The van der Waals surface area contributed by atoms with Crippen LogP contribution in [-0.2, 0) is 20.9 Å². The first-order chi connectivity index (χ1) is 20.5. The highest BCUT2D eigenvalue weighted by Gasteiger charge is 2.46. The van der Waals surface area contributed by atoms with E-state index in [0.717, 1.165) is 24.2 Å². The first-order valence-corrected chi connectivity index (χ1v) is 14.2. The zero-order chi connectivity index (χ0) is 29.5. The molecular weight excluding hydrogens is 532 g/mol. The number of hydrogen-bond acceptors (Lipinski definition) is 7. The van der Waals surface area contributed by atoms with Gasteiger partial charge in [0.15, 0.2) is 0 Å². The van der Waals surface area contributed by atoms with Gasteiger partial charge in [0, 0.05) is 31.7 Å². The van der Waals surface area contributed by atoms with Crippen molar-refractivity contribution in [2.45, 2.75) is 19.6 Å². The Hall–Kier alpha value is -4.40. The lowest BCUT2D eigenvalue weighted by atomic mass is 9.95. The maximum atomic E-state index is 13.4. The molecule has 0 spiro atoms. The van der Waals surface area contributed by atoms with Crippen molar-refractivity contribution in [1.82, 2.24) is 9.80 Å². The van der Waals surface area contributed by atoms with Crippen LogP contribution in [0.25, 0.3) is 5.76 Å². The van der Waals surface area contributed by atoms with Crippen molar-refractivity contribution in [3.63, 3.8) is 0 Å². The predicted octanol–water partition coefficient (Wildman–Crippen LogP) is 4.89. The molecule has 0 aromatic heterocycles. The van der Waals surface area contributed by atoms with Gasteiger partial charge in [0.05, 0.1) is 24.8 Å². The van der Waals surface area contributed by atoms with Gasteiger partial charge in [0.25, 0.3) is 11.7 Å². The van der Waals surface area contributed by atoms with E-state index in [2.05, 4.69) is 11.5 Å². The van der Waals surface area contributed by atoms with E-state index in [9.17, 15) is 14.7 Å². The van der Waals surface area contributed by atoms with Crippen LogP contribution in [0.15, 0.2) is 91.0 Å². The number of aryl methyl sites for hydroxylation is 1. The van der Waals surface area contributed by atoms with Crippen molar-refractivity contribution in [1.29, 1.82) is 0 Å². The molecule has 8 nitrogen and oxygen atoms in total. The Balaban J connectivity index is 1.42. The van der Waals surface area contributed by atoms with Gasteiger partial charge in [-0.25, -0.2) is 0 Å². The number of carbonyl (C=O) groups excluding carboxylic acids is 2. The van der Waals surface area contributed by atoms with Crippen molar-refractivity contribution >= 4 is 17.4 Å². The fourth-order valence-corrected chi connectivity index (χ4v) is 5.23. The number of carbonyl (C=O) groups is 2. The van der Waals surface area contributed by atoms with Crippen LogP contribution in [-0.4, -0.2) is 72.6 Å². The number of rotatable bonds is 11. The number of nitrogens with zero attached hydrogens (tertiary/aromatic N) is 2. The average molecular weight is 569 g/mol. The lowest BCUT2D eigenvalue weighted by molar-refractivity contribution is -0.140. The monoisotopic (exact) mass is 568 g/mol. The maximum Gasteiger partial charge on any atom is 0.295 e. The predicted molar refractivity (Wildman–Crippen MR) is 160 cm³/mol. The van der Waals surface area contributed by atoms with E-state index in [1.165, 1.54) is 0 Å². The average Bonchev–Trinajstić information content (AvgIpc) is 3.28. The van der Waals surface area contributed by atoms with E-state index in [0.29, 0.717) is 62.1 Å². The van der Waals surface area contributed by atoms with E-state index in [1.807, 2.05) is 43.3 Å². The molecule has 0 bridgehead atoms. The van der Waals surface area contributed by atoms with Gasteiger partial charge in [-0.1, -0.05) is 49.1 Å². The molecule has 0 saturated carbocycles.